The van der Waals surface area contributed by atoms with Crippen LogP contribution in [0.2, 0.25) is 0 Å². The van der Waals surface area contributed by atoms with Crippen molar-refractivity contribution in [2.24, 2.45) is 17.8 Å². The Morgan fingerprint density at radius 1 is 1.07 bits per heavy atom. The predicted molar refractivity (Wildman–Crippen MR) is 157 cm³/mol. The molecule has 0 radical (unpaired) electrons. The number of alkyl carbamates (subject to hydrolysis) is 1. The van der Waals surface area contributed by atoms with Gasteiger partial charge in [-0.05, 0) is 40.5 Å². The third-order valence-corrected chi connectivity index (χ3v) is 8.28. The Bertz CT molecular complexity index is 1310. The zero-order chi connectivity index (χ0) is 30.6. The summed E-state index contributed by atoms with van der Waals surface area (Å²) in [5.74, 6) is -2.36. The van der Waals surface area contributed by atoms with E-state index in [2.05, 4.69) is 10.6 Å². The number of aliphatic carboxylic acids is 1. The van der Waals surface area contributed by atoms with Gasteiger partial charge in [0.2, 0.25) is 11.8 Å². The number of carboxylic acids is 1. The summed E-state index contributed by atoms with van der Waals surface area (Å²) in [6, 6.07) is 12.1. The normalized spacial score (nSPS) is 24.1. The van der Waals surface area contributed by atoms with Gasteiger partial charge in [0.15, 0.2) is 0 Å². The number of ether oxygens (including phenoxy) is 2. The average molecular weight is 582 g/mol. The minimum atomic E-state index is -1.32. The van der Waals surface area contributed by atoms with Crippen LogP contribution in [0.25, 0.3) is 10.8 Å². The highest BCUT2D eigenvalue weighted by Gasteiger charge is 2.61. The summed E-state index contributed by atoms with van der Waals surface area (Å²) in [5.41, 5.74) is -0.333. The highest BCUT2D eigenvalue weighted by molar-refractivity contribution is 5.96. The summed E-state index contributed by atoms with van der Waals surface area (Å²) in [4.78, 5) is 53.6. The van der Waals surface area contributed by atoms with Gasteiger partial charge in [-0.15, -0.1) is 0 Å². The van der Waals surface area contributed by atoms with Gasteiger partial charge >= 0.3 is 12.1 Å². The molecule has 0 bridgehead atoms. The topological polar surface area (TPSA) is 134 Å². The molecule has 1 heterocycles. The largest absolute Gasteiger partial charge is 0.479 e. The fourth-order valence-corrected chi connectivity index (χ4v) is 5.73. The zero-order valence-corrected chi connectivity index (χ0v) is 25.1. The number of carbonyl (C=O) groups excluding carboxylic acids is 3. The molecule has 42 heavy (non-hydrogen) atoms. The van der Waals surface area contributed by atoms with Gasteiger partial charge in [-0.3, -0.25) is 9.59 Å². The van der Waals surface area contributed by atoms with Gasteiger partial charge in [0.1, 0.15) is 17.6 Å². The molecule has 3 amide bonds. The SMILES string of the molecule is CCC1C[C@]1(NC(=O)[C@@H]1C[C@@H](OCc2cccc3ccccc23)CN1C(=O)[C@@H](NC(=O)OCC(C)C)C(C)C)C(=O)O. The number of amides is 3. The molecule has 2 aliphatic rings. The van der Waals surface area contributed by atoms with Crippen LogP contribution >= 0.6 is 0 Å². The van der Waals surface area contributed by atoms with Crippen molar-refractivity contribution in [2.75, 3.05) is 13.2 Å². The lowest BCUT2D eigenvalue weighted by molar-refractivity contribution is -0.146. The van der Waals surface area contributed by atoms with E-state index in [4.69, 9.17) is 9.47 Å². The molecular formula is C32H43N3O7. The van der Waals surface area contributed by atoms with Crippen molar-refractivity contribution in [1.82, 2.24) is 15.5 Å². The van der Waals surface area contributed by atoms with Gasteiger partial charge in [0.25, 0.3) is 0 Å². The Kier molecular flexibility index (Phi) is 9.76. The Hall–Kier alpha value is -3.66. The summed E-state index contributed by atoms with van der Waals surface area (Å²) < 4.78 is 11.5. The number of nitrogens with one attached hydrogen (secondary N) is 2. The van der Waals surface area contributed by atoms with Crippen LogP contribution in [0.1, 0.15) is 59.4 Å². The summed E-state index contributed by atoms with van der Waals surface area (Å²) in [7, 11) is 0. The van der Waals surface area contributed by atoms with Gasteiger partial charge < -0.3 is 30.1 Å². The average Bonchev–Trinajstić information content (AvgIpc) is 3.51. The number of nitrogens with zero attached hydrogens (tertiary/aromatic N) is 1. The Morgan fingerprint density at radius 2 is 1.79 bits per heavy atom. The van der Waals surface area contributed by atoms with Gasteiger partial charge in [-0.2, -0.15) is 0 Å². The smallest absolute Gasteiger partial charge is 0.407 e. The van der Waals surface area contributed by atoms with E-state index in [1.807, 2.05) is 63.2 Å². The van der Waals surface area contributed by atoms with Gasteiger partial charge in [-0.25, -0.2) is 9.59 Å². The number of fused-ring (bicyclic) bond motifs is 1. The number of carbonyl (C=O) groups is 4. The summed E-state index contributed by atoms with van der Waals surface area (Å²) in [6.07, 6.45) is 0.00963. The fourth-order valence-electron chi connectivity index (χ4n) is 5.73. The molecule has 10 heteroatoms. The van der Waals surface area contributed by atoms with Crippen molar-refractivity contribution < 1.29 is 33.8 Å². The van der Waals surface area contributed by atoms with E-state index in [1.165, 1.54) is 4.90 Å². The Morgan fingerprint density at radius 3 is 2.43 bits per heavy atom. The number of rotatable bonds is 12. The maximum absolute atomic E-state index is 13.9. The number of likely N-dealkylation sites (tertiary alicyclic amines) is 1. The van der Waals surface area contributed by atoms with Crippen molar-refractivity contribution in [3.63, 3.8) is 0 Å². The van der Waals surface area contributed by atoms with Gasteiger partial charge in [0.05, 0.1) is 19.3 Å². The van der Waals surface area contributed by atoms with E-state index in [0.29, 0.717) is 12.8 Å². The number of benzene rings is 2. The van der Waals surface area contributed by atoms with E-state index in [1.54, 1.807) is 13.8 Å². The van der Waals surface area contributed by atoms with E-state index in [0.717, 1.165) is 16.3 Å². The minimum absolute atomic E-state index is 0.130. The molecule has 4 rings (SSSR count). The van der Waals surface area contributed by atoms with Crippen LogP contribution in [0.15, 0.2) is 42.5 Å². The molecule has 5 atom stereocenters. The fraction of sp³-hybridized carbons (Fsp3) is 0.562. The molecule has 2 aromatic carbocycles. The summed E-state index contributed by atoms with van der Waals surface area (Å²) >= 11 is 0. The lowest BCUT2D eigenvalue weighted by atomic mass is 10.0. The second kappa shape index (κ2) is 13.1. The molecular weight excluding hydrogens is 538 g/mol. The van der Waals surface area contributed by atoms with E-state index in [9.17, 15) is 24.3 Å². The zero-order valence-electron chi connectivity index (χ0n) is 25.1. The summed E-state index contributed by atoms with van der Waals surface area (Å²) in [6.45, 7) is 9.95. The van der Waals surface area contributed by atoms with Gasteiger partial charge in [0, 0.05) is 13.0 Å². The van der Waals surface area contributed by atoms with E-state index in [-0.39, 0.29) is 43.9 Å². The molecule has 1 aliphatic carbocycles. The van der Waals surface area contributed by atoms with E-state index < -0.39 is 47.6 Å². The van der Waals surface area contributed by atoms with E-state index >= 15 is 0 Å². The van der Waals surface area contributed by atoms with Crippen LogP contribution in [-0.2, 0) is 30.5 Å². The molecule has 1 unspecified atom stereocenters. The number of hydrogen-bond donors (Lipinski definition) is 3. The second-order valence-corrected chi connectivity index (χ2v) is 12.2. The Labute approximate surface area is 247 Å². The maximum atomic E-state index is 13.9. The highest BCUT2D eigenvalue weighted by Crippen LogP contribution is 2.46. The third-order valence-electron chi connectivity index (χ3n) is 8.28. The second-order valence-electron chi connectivity index (χ2n) is 12.2. The first-order valence-electron chi connectivity index (χ1n) is 14.8. The molecule has 1 saturated heterocycles. The lowest BCUT2D eigenvalue weighted by Gasteiger charge is -2.31. The molecule has 1 saturated carbocycles. The third kappa shape index (κ3) is 6.86. The van der Waals surface area contributed by atoms with Crippen molar-refractivity contribution in [3.05, 3.63) is 48.0 Å². The molecule has 0 aromatic heterocycles. The molecule has 1 aliphatic heterocycles. The van der Waals surface area contributed by atoms with Crippen LogP contribution in [-0.4, -0.2) is 70.8 Å². The van der Waals surface area contributed by atoms with Crippen LogP contribution in [0.4, 0.5) is 4.79 Å². The minimum Gasteiger partial charge on any atom is -0.479 e. The van der Waals surface area contributed by atoms with Gasteiger partial charge in [-0.1, -0.05) is 83.5 Å². The first kappa shape index (κ1) is 31.3. The quantitative estimate of drug-likeness (QED) is 0.344. The van der Waals surface area contributed by atoms with Crippen molar-refractivity contribution in [3.8, 4) is 0 Å². The molecule has 10 nitrogen and oxygen atoms in total. The first-order chi connectivity index (χ1) is 20.0. The van der Waals surface area contributed by atoms with Crippen LogP contribution < -0.4 is 10.6 Å². The highest BCUT2D eigenvalue weighted by atomic mass is 16.5. The van der Waals surface area contributed by atoms with Crippen LogP contribution in [0.5, 0.6) is 0 Å². The molecule has 0 spiro atoms. The van der Waals surface area contributed by atoms with Crippen LogP contribution in [0.3, 0.4) is 0 Å². The lowest BCUT2D eigenvalue weighted by Crippen LogP contribution is -2.57. The van der Waals surface area contributed by atoms with Crippen LogP contribution in [0, 0.1) is 17.8 Å². The predicted octanol–water partition coefficient (Wildman–Crippen LogP) is 4.10. The van der Waals surface area contributed by atoms with Crippen molar-refractivity contribution in [1.29, 1.82) is 0 Å². The first-order valence-corrected chi connectivity index (χ1v) is 14.8. The van der Waals surface area contributed by atoms with Crippen molar-refractivity contribution in [2.45, 2.75) is 84.2 Å². The summed E-state index contributed by atoms with van der Waals surface area (Å²) in [5, 5.41) is 17.5. The Balaban J connectivity index is 1.53. The number of hydrogen-bond acceptors (Lipinski definition) is 6. The molecule has 228 valence electrons. The number of carboxylic acid groups (broad SMARTS) is 1. The maximum Gasteiger partial charge on any atom is 0.407 e. The monoisotopic (exact) mass is 581 g/mol. The molecule has 3 N–H and O–H groups in total. The molecule has 2 aromatic rings. The van der Waals surface area contributed by atoms with Crippen molar-refractivity contribution >= 4 is 34.6 Å². The standard InChI is InChI=1S/C32H43N3O7/c1-6-23-15-32(23,30(38)39)34-28(36)26-14-24(41-18-22-12-9-11-21-10-7-8-13-25(21)22)16-35(26)29(37)27(20(4)5)33-31(40)42-17-19(2)3/h7-13,19-20,23-24,26-27H,6,14-18H2,1-5H3,(H,33,40)(H,34,36)(H,38,39)/t23?,24-,26+,27+,32-/m1/s1. The molecule has 2 fully saturated rings.